The summed E-state index contributed by atoms with van der Waals surface area (Å²) in [5.41, 5.74) is -0.0144. The molecule has 0 saturated carbocycles. The van der Waals surface area contributed by atoms with Crippen LogP contribution in [0.2, 0.25) is 0 Å². The van der Waals surface area contributed by atoms with Gasteiger partial charge in [0.15, 0.2) is 0 Å². The Morgan fingerprint density at radius 2 is 1.86 bits per heavy atom. The summed E-state index contributed by atoms with van der Waals surface area (Å²) >= 11 is 0. The Morgan fingerprint density at radius 1 is 1.11 bits per heavy atom. The Labute approximate surface area is 202 Å². The normalized spacial score (nSPS) is 16.9. The number of aryl methyl sites for hydroxylation is 1. The maximum absolute atomic E-state index is 13.3. The Morgan fingerprint density at radius 3 is 2.54 bits per heavy atom. The summed E-state index contributed by atoms with van der Waals surface area (Å²) < 4.78 is 36.8. The van der Waals surface area contributed by atoms with Gasteiger partial charge in [-0.25, -0.2) is 13.2 Å². The van der Waals surface area contributed by atoms with Crippen LogP contribution < -0.4 is 21.3 Å². The molecule has 35 heavy (non-hydrogen) atoms. The summed E-state index contributed by atoms with van der Waals surface area (Å²) in [4.78, 5) is 37.6. The first-order valence-electron chi connectivity index (χ1n) is 11.3. The largest absolute Gasteiger partial charge is 0.376 e. The number of carbonyl (C=O) groups is 1. The minimum atomic E-state index is -4.18. The summed E-state index contributed by atoms with van der Waals surface area (Å²) in [6, 6.07) is 12.0. The second-order valence-corrected chi connectivity index (χ2v) is 10.3. The molecule has 0 aliphatic carbocycles. The van der Waals surface area contributed by atoms with E-state index in [-0.39, 0.29) is 22.8 Å². The van der Waals surface area contributed by atoms with Crippen molar-refractivity contribution in [2.75, 3.05) is 13.2 Å². The number of hydrogen-bond acceptors (Lipinski definition) is 6. The van der Waals surface area contributed by atoms with Crippen molar-refractivity contribution in [3.05, 3.63) is 74.9 Å². The molecule has 2 aromatic carbocycles. The molecule has 10 nitrogen and oxygen atoms in total. The Hall–Kier alpha value is -3.28. The average Bonchev–Trinajstić information content (AvgIpc) is 3.38. The first kappa shape index (κ1) is 24.8. The number of benzene rings is 2. The van der Waals surface area contributed by atoms with E-state index in [0.29, 0.717) is 18.7 Å². The van der Waals surface area contributed by atoms with E-state index in [4.69, 9.17) is 4.74 Å². The fourth-order valence-corrected chi connectivity index (χ4v) is 5.40. The first-order valence-corrected chi connectivity index (χ1v) is 12.8. The van der Waals surface area contributed by atoms with Crippen LogP contribution in [0, 0.1) is 0 Å². The molecule has 2 N–H and O–H groups in total. The van der Waals surface area contributed by atoms with Crippen LogP contribution in [0.3, 0.4) is 0 Å². The van der Waals surface area contributed by atoms with Crippen molar-refractivity contribution in [3.8, 4) is 0 Å². The van der Waals surface area contributed by atoms with Crippen molar-refractivity contribution in [3.63, 3.8) is 0 Å². The second kappa shape index (κ2) is 10.1. The van der Waals surface area contributed by atoms with Gasteiger partial charge in [-0.3, -0.25) is 18.7 Å². The van der Waals surface area contributed by atoms with Gasteiger partial charge in [-0.15, -0.1) is 0 Å². The van der Waals surface area contributed by atoms with E-state index in [9.17, 15) is 22.8 Å². The fourth-order valence-electron chi connectivity index (χ4n) is 4.18. The highest BCUT2D eigenvalue weighted by Crippen LogP contribution is 2.17. The summed E-state index contributed by atoms with van der Waals surface area (Å²) in [6.07, 6.45) is 1.81. The minimum absolute atomic E-state index is 0.0833. The number of amides is 1. The van der Waals surface area contributed by atoms with Gasteiger partial charge in [0.05, 0.1) is 21.9 Å². The monoisotopic (exact) mass is 500 g/mol. The highest BCUT2D eigenvalue weighted by atomic mass is 32.2. The zero-order valence-electron chi connectivity index (χ0n) is 19.6. The van der Waals surface area contributed by atoms with Gasteiger partial charge < -0.3 is 10.1 Å². The number of sulfonamides is 1. The minimum Gasteiger partial charge on any atom is -0.376 e. The van der Waals surface area contributed by atoms with Crippen LogP contribution >= 0.6 is 0 Å². The van der Waals surface area contributed by atoms with Crippen LogP contribution in [-0.4, -0.2) is 48.8 Å². The lowest BCUT2D eigenvalue weighted by molar-refractivity contribution is -0.123. The smallest absolute Gasteiger partial charge is 0.330 e. The van der Waals surface area contributed by atoms with Gasteiger partial charge in [0.1, 0.15) is 6.04 Å². The van der Waals surface area contributed by atoms with Gasteiger partial charge in [-0.1, -0.05) is 30.3 Å². The van der Waals surface area contributed by atoms with Crippen LogP contribution in [0.5, 0.6) is 0 Å². The van der Waals surface area contributed by atoms with Crippen molar-refractivity contribution < 1.29 is 17.9 Å². The predicted molar refractivity (Wildman–Crippen MR) is 131 cm³/mol. The Kier molecular flexibility index (Phi) is 7.20. The molecule has 1 aliphatic heterocycles. The number of carbonyl (C=O) groups excluding carboxylic acids is 1. The molecule has 2 heterocycles. The molecule has 1 amide bonds. The van der Waals surface area contributed by atoms with Crippen LogP contribution in [0.4, 0.5) is 0 Å². The topological polar surface area (TPSA) is 128 Å². The maximum Gasteiger partial charge on any atom is 0.330 e. The highest BCUT2D eigenvalue weighted by molar-refractivity contribution is 7.89. The molecule has 0 bridgehead atoms. The third-order valence-corrected chi connectivity index (χ3v) is 7.64. The van der Waals surface area contributed by atoms with E-state index in [1.54, 1.807) is 0 Å². The number of ether oxygens (including phenoxy) is 1. The molecule has 4 rings (SSSR count). The standard InChI is InChI=1S/C24H28N4O6S/c1-27-21-11-10-18(14-19(21)23(30)28(2)24(27)31)35(32,33)26-20(13-16-7-4-3-5-8-16)22(29)25-15-17-9-6-12-34-17/h3-5,7-8,10-11,14,17,20,26H,6,9,12-13,15H2,1-2H3,(H,25,29)/t17-,20-/m0/s1. The van der Waals surface area contributed by atoms with Gasteiger partial charge in [0, 0.05) is 27.2 Å². The molecule has 1 aliphatic rings. The molecule has 1 saturated heterocycles. The number of hydrogen-bond donors (Lipinski definition) is 2. The van der Waals surface area contributed by atoms with E-state index in [1.807, 2.05) is 30.3 Å². The van der Waals surface area contributed by atoms with Crippen LogP contribution in [0.1, 0.15) is 18.4 Å². The third-order valence-electron chi connectivity index (χ3n) is 6.17. The molecule has 1 fully saturated rings. The summed E-state index contributed by atoms with van der Waals surface area (Å²) in [5, 5.41) is 2.88. The zero-order chi connectivity index (χ0) is 25.2. The lowest BCUT2D eigenvalue weighted by Gasteiger charge is -2.20. The van der Waals surface area contributed by atoms with Gasteiger partial charge in [-0.05, 0) is 43.0 Å². The number of fused-ring (bicyclic) bond motifs is 1. The number of rotatable bonds is 8. The van der Waals surface area contributed by atoms with Gasteiger partial charge in [-0.2, -0.15) is 4.72 Å². The lowest BCUT2D eigenvalue weighted by atomic mass is 10.1. The summed E-state index contributed by atoms with van der Waals surface area (Å²) in [7, 11) is -1.35. The van der Waals surface area contributed by atoms with E-state index in [1.165, 1.54) is 36.9 Å². The molecule has 11 heteroatoms. The molecule has 0 radical (unpaired) electrons. The van der Waals surface area contributed by atoms with E-state index < -0.39 is 33.2 Å². The van der Waals surface area contributed by atoms with Crippen LogP contribution in [0.25, 0.3) is 10.9 Å². The highest BCUT2D eigenvalue weighted by Gasteiger charge is 2.28. The van der Waals surface area contributed by atoms with Gasteiger partial charge >= 0.3 is 5.69 Å². The second-order valence-electron chi connectivity index (χ2n) is 8.63. The number of nitrogens with zero attached hydrogens (tertiary/aromatic N) is 2. The van der Waals surface area contributed by atoms with Crippen molar-refractivity contribution >= 4 is 26.8 Å². The molecule has 186 valence electrons. The quantitative estimate of drug-likeness (QED) is 0.461. The Bertz CT molecular complexity index is 1460. The SMILES string of the molecule is Cn1c(=O)c2cc(S(=O)(=O)N[C@@H](Cc3ccccc3)C(=O)NC[C@@H]3CCCO3)ccc2n(C)c1=O. The molecular formula is C24H28N4O6S. The molecule has 0 unspecified atom stereocenters. The first-order chi connectivity index (χ1) is 16.7. The summed E-state index contributed by atoms with van der Waals surface area (Å²) in [6.45, 7) is 0.944. The molecule has 1 aromatic heterocycles. The fraction of sp³-hybridized carbons (Fsp3) is 0.375. The van der Waals surface area contributed by atoms with Gasteiger partial charge in [0.25, 0.3) is 5.56 Å². The van der Waals surface area contributed by atoms with Crippen LogP contribution in [-0.2, 0) is 40.1 Å². The lowest BCUT2D eigenvalue weighted by Crippen LogP contribution is -2.49. The van der Waals surface area contributed by atoms with Crippen molar-refractivity contribution in [2.24, 2.45) is 14.1 Å². The van der Waals surface area contributed by atoms with Crippen molar-refractivity contribution in [1.82, 2.24) is 19.2 Å². The van der Waals surface area contributed by atoms with E-state index in [0.717, 1.165) is 23.0 Å². The maximum atomic E-state index is 13.3. The number of nitrogens with one attached hydrogen (secondary N) is 2. The van der Waals surface area contributed by atoms with Crippen molar-refractivity contribution in [1.29, 1.82) is 0 Å². The van der Waals surface area contributed by atoms with E-state index in [2.05, 4.69) is 10.0 Å². The Balaban J connectivity index is 1.64. The van der Waals surface area contributed by atoms with Crippen molar-refractivity contribution in [2.45, 2.75) is 36.3 Å². The molecular weight excluding hydrogens is 472 g/mol. The molecule has 0 spiro atoms. The third kappa shape index (κ3) is 5.37. The predicted octanol–water partition coefficient (Wildman–Crippen LogP) is 0.422. The number of aromatic nitrogens is 2. The molecule has 3 aromatic rings. The summed E-state index contributed by atoms with van der Waals surface area (Å²) in [5.74, 6) is -0.466. The van der Waals surface area contributed by atoms with Gasteiger partial charge in [0.2, 0.25) is 15.9 Å². The van der Waals surface area contributed by atoms with Crippen LogP contribution in [0.15, 0.2) is 63.0 Å². The van der Waals surface area contributed by atoms with E-state index >= 15 is 0 Å². The zero-order valence-corrected chi connectivity index (χ0v) is 20.4. The molecule has 2 atom stereocenters. The average molecular weight is 501 g/mol.